The maximum Gasteiger partial charge on any atom is 0.418 e. The minimum absolute atomic E-state index is 0.0573. The molecule has 3 heterocycles. The summed E-state index contributed by atoms with van der Waals surface area (Å²) in [5.41, 5.74) is -1.25. The Bertz CT molecular complexity index is 1050. The Morgan fingerprint density at radius 2 is 2.16 bits per heavy atom. The monoisotopic (exact) mass is 365 g/mol. The Hall–Kier alpha value is -2.68. The molecule has 1 unspecified atom stereocenters. The van der Waals surface area contributed by atoms with Crippen LogP contribution in [-0.4, -0.2) is 15.9 Å². The SMILES string of the molecule is CC1O/C(=N\c2nccs2)c2c1[nH]c1c(C(F)(F)F)cccc1c2=O. The molecule has 1 aromatic carbocycles. The number of ether oxygens (including phenoxy) is 1. The van der Waals surface area contributed by atoms with Crippen molar-refractivity contribution < 1.29 is 17.9 Å². The Balaban J connectivity index is 2.02. The zero-order valence-electron chi connectivity index (χ0n) is 12.7. The van der Waals surface area contributed by atoms with Gasteiger partial charge in [0.1, 0.15) is 11.7 Å². The summed E-state index contributed by atoms with van der Waals surface area (Å²) in [4.78, 5) is 23.8. The molecule has 1 atom stereocenters. The molecule has 0 bridgehead atoms. The second-order valence-electron chi connectivity index (χ2n) is 5.46. The number of aromatic amines is 1. The Kier molecular flexibility index (Phi) is 3.43. The third-order valence-corrected chi connectivity index (χ3v) is 4.56. The van der Waals surface area contributed by atoms with Gasteiger partial charge in [-0.15, -0.1) is 11.3 Å². The predicted octanol–water partition coefficient (Wildman–Crippen LogP) is 4.17. The first kappa shape index (κ1) is 15.8. The molecule has 9 heteroatoms. The summed E-state index contributed by atoms with van der Waals surface area (Å²) in [5.74, 6) is 0.0676. The van der Waals surface area contributed by atoms with E-state index in [9.17, 15) is 18.0 Å². The topological polar surface area (TPSA) is 67.3 Å². The average Bonchev–Trinajstić information content (AvgIpc) is 3.15. The molecule has 0 saturated heterocycles. The van der Waals surface area contributed by atoms with Gasteiger partial charge in [-0.05, 0) is 19.1 Å². The van der Waals surface area contributed by atoms with Crippen molar-refractivity contribution in [2.75, 3.05) is 0 Å². The molecule has 1 aliphatic rings. The van der Waals surface area contributed by atoms with E-state index < -0.39 is 23.3 Å². The molecule has 0 radical (unpaired) electrons. The number of aromatic nitrogens is 2. The van der Waals surface area contributed by atoms with Gasteiger partial charge in [-0.25, -0.2) is 4.98 Å². The number of hydrogen-bond acceptors (Lipinski definition) is 5. The first-order valence-electron chi connectivity index (χ1n) is 7.27. The summed E-state index contributed by atoms with van der Waals surface area (Å²) in [6.07, 6.45) is -3.63. The lowest BCUT2D eigenvalue weighted by Crippen LogP contribution is -2.17. The van der Waals surface area contributed by atoms with E-state index >= 15 is 0 Å². The van der Waals surface area contributed by atoms with E-state index in [1.54, 1.807) is 18.5 Å². The molecule has 25 heavy (non-hydrogen) atoms. The molecule has 0 spiro atoms. The van der Waals surface area contributed by atoms with Crippen molar-refractivity contribution in [3.63, 3.8) is 0 Å². The molecule has 0 fully saturated rings. The van der Waals surface area contributed by atoms with E-state index in [0.29, 0.717) is 5.13 Å². The fourth-order valence-corrected chi connectivity index (χ4v) is 3.31. The minimum Gasteiger partial charge on any atom is -0.468 e. The number of fused-ring (bicyclic) bond motifs is 2. The molecule has 4 rings (SSSR count). The molecule has 0 amide bonds. The van der Waals surface area contributed by atoms with E-state index in [2.05, 4.69) is 15.0 Å². The van der Waals surface area contributed by atoms with Crippen molar-refractivity contribution in [3.8, 4) is 0 Å². The number of nitrogens with one attached hydrogen (secondary N) is 1. The highest BCUT2D eigenvalue weighted by molar-refractivity contribution is 7.13. The number of rotatable bonds is 1. The lowest BCUT2D eigenvalue weighted by atomic mass is 10.0. The average molecular weight is 365 g/mol. The van der Waals surface area contributed by atoms with Crippen LogP contribution in [0.2, 0.25) is 0 Å². The molecule has 128 valence electrons. The van der Waals surface area contributed by atoms with Crippen LogP contribution in [0, 0.1) is 0 Å². The zero-order chi connectivity index (χ0) is 17.8. The number of benzene rings is 1. The van der Waals surface area contributed by atoms with Gasteiger partial charge in [0, 0.05) is 17.0 Å². The lowest BCUT2D eigenvalue weighted by molar-refractivity contribution is -0.136. The van der Waals surface area contributed by atoms with Gasteiger partial charge in [-0.3, -0.25) is 4.79 Å². The van der Waals surface area contributed by atoms with Crippen LogP contribution in [0.1, 0.15) is 29.8 Å². The molecule has 3 aromatic rings. The van der Waals surface area contributed by atoms with Crippen molar-refractivity contribution >= 4 is 33.3 Å². The highest BCUT2D eigenvalue weighted by Crippen LogP contribution is 2.36. The number of H-pyrrole nitrogens is 1. The molecule has 1 aliphatic heterocycles. The van der Waals surface area contributed by atoms with Crippen molar-refractivity contribution in [1.82, 2.24) is 9.97 Å². The van der Waals surface area contributed by atoms with Gasteiger partial charge in [0.2, 0.25) is 16.5 Å². The fraction of sp³-hybridized carbons (Fsp3) is 0.188. The third-order valence-electron chi connectivity index (χ3n) is 3.90. The summed E-state index contributed by atoms with van der Waals surface area (Å²) in [6.45, 7) is 1.64. The molecule has 0 aliphatic carbocycles. The Morgan fingerprint density at radius 3 is 2.84 bits per heavy atom. The summed E-state index contributed by atoms with van der Waals surface area (Å²) in [5, 5.41) is 2.07. The number of nitrogens with zero attached hydrogens (tertiary/aromatic N) is 2. The van der Waals surface area contributed by atoms with Crippen molar-refractivity contribution in [2.45, 2.75) is 19.2 Å². The second kappa shape index (κ2) is 5.41. The maximum absolute atomic E-state index is 13.2. The van der Waals surface area contributed by atoms with Crippen molar-refractivity contribution in [2.24, 2.45) is 4.99 Å². The van der Waals surface area contributed by atoms with Crippen LogP contribution in [0.25, 0.3) is 10.9 Å². The van der Waals surface area contributed by atoms with Crippen molar-refractivity contribution in [3.05, 3.63) is 56.8 Å². The zero-order valence-corrected chi connectivity index (χ0v) is 13.5. The summed E-state index contributed by atoms with van der Waals surface area (Å²) in [6, 6.07) is 3.51. The van der Waals surface area contributed by atoms with E-state index in [0.717, 1.165) is 6.07 Å². The molecule has 1 N–H and O–H groups in total. The van der Waals surface area contributed by atoms with Gasteiger partial charge in [-0.2, -0.15) is 18.2 Å². The van der Waals surface area contributed by atoms with Crippen molar-refractivity contribution in [1.29, 1.82) is 0 Å². The van der Waals surface area contributed by atoms with Crippen LogP contribution in [0.4, 0.5) is 18.3 Å². The van der Waals surface area contributed by atoms with E-state index in [4.69, 9.17) is 4.74 Å². The first-order chi connectivity index (χ1) is 11.9. The van der Waals surface area contributed by atoms with E-state index in [1.807, 2.05) is 0 Å². The maximum atomic E-state index is 13.2. The number of pyridine rings is 1. The van der Waals surface area contributed by atoms with Crippen LogP contribution in [0.3, 0.4) is 0 Å². The lowest BCUT2D eigenvalue weighted by Gasteiger charge is -2.11. The largest absolute Gasteiger partial charge is 0.468 e. The first-order valence-corrected chi connectivity index (χ1v) is 8.15. The number of para-hydroxylation sites is 1. The highest BCUT2D eigenvalue weighted by Gasteiger charge is 2.36. The third kappa shape index (κ3) is 2.51. The quantitative estimate of drug-likeness (QED) is 0.704. The summed E-state index contributed by atoms with van der Waals surface area (Å²) in [7, 11) is 0. The normalized spacial score (nSPS) is 18.6. The van der Waals surface area contributed by atoms with Gasteiger partial charge in [0.25, 0.3) is 0 Å². The summed E-state index contributed by atoms with van der Waals surface area (Å²) < 4.78 is 45.3. The minimum atomic E-state index is -4.57. The Morgan fingerprint density at radius 1 is 1.36 bits per heavy atom. The van der Waals surface area contributed by atoms with E-state index in [1.165, 1.54) is 23.5 Å². The van der Waals surface area contributed by atoms with Crippen LogP contribution in [0.5, 0.6) is 0 Å². The van der Waals surface area contributed by atoms with Gasteiger partial charge in [-0.1, -0.05) is 6.07 Å². The fourth-order valence-electron chi connectivity index (χ4n) is 2.81. The van der Waals surface area contributed by atoms with Crippen LogP contribution in [0.15, 0.2) is 39.6 Å². The summed E-state index contributed by atoms with van der Waals surface area (Å²) >= 11 is 1.26. The molecular weight excluding hydrogens is 355 g/mol. The van der Waals surface area contributed by atoms with Crippen LogP contribution in [-0.2, 0) is 10.9 Å². The van der Waals surface area contributed by atoms with Gasteiger partial charge < -0.3 is 9.72 Å². The van der Waals surface area contributed by atoms with E-state index in [-0.39, 0.29) is 28.1 Å². The molecule has 5 nitrogen and oxygen atoms in total. The second-order valence-corrected chi connectivity index (χ2v) is 6.33. The smallest absolute Gasteiger partial charge is 0.418 e. The number of hydrogen-bond donors (Lipinski definition) is 1. The number of aliphatic imine (C=N–C) groups is 1. The standard InChI is InChI=1S/C16H10F3N3O2S/c1-7-11-10(14(24-7)22-15-20-5-6-25-15)13(23)8-3-2-4-9(12(8)21-11)16(17,18)19/h2-7H,1H3,(H,21,23)/b22-14-. The highest BCUT2D eigenvalue weighted by atomic mass is 32.1. The van der Waals surface area contributed by atoms with Crippen LogP contribution < -0.4 is 5.43 Å². The van der Waals surface area contributed by atoms with Gasteiger partial charge in [0.15, 0.2) is 0 Å². The van der Waals surface area contributed by atoms with Crippen LogP contribution >= 0.6 is 11.3 Å². The number of halogens is 3. The predicted molar refractivity (Wildman–Crippen MR) is 87.4 cm³/mol. The molecule has 0 saturated carbocycles. The Labute approximate surface area is 142 Å². The van der Waals surface area contributed by atoms with Gasteiger partial charge >= 0.3 is 6.18 Å². The molecular formula is C16H10F3N3O2S. The number of alkyl halides is 3. The van der Waals surface area contributed by atoms with Gasteiger partial charge in [0.05, 0.1) is 16.8 Å². The molecule has 2 aromatic heterocycles. The number of thiazole rings is 1.